The number of carbonyl (C=O) groups excluding carboxylic acids is 1. The molecule has 0 spiro atoms. The summed E-state index contributed by atoms with van der Waals surface area (Å²) in [7, 11) is -2.44. The van der Waals surface area contributed by atoms with Crippen molar-refractivity contribution in [1.29, 1.82) is 0 Å². The van der Waals surface area contributed by atoms with Gasteiger partial charge in [-0.25, -0.2) is 4.79 Å². The standard InChI is InChI=1S/C30H46N2O2Si/c1-5-6-17-24-31-29(33)32-25-18-9-7-8-10-19-26-34-35(30(2,3)4,27-20-13-11-14-21-27)28-22-15-12-16-23-28/h8,10-16,20-23H,5-7,9,17-19,24-26H2,1-4H3,(H2,31,32,33)/b10-8-. The van der Waals surface area contributed by atoms with Gasteiger partial charge in [0, 0.05) is 19.7 Å². The van der Waals surface area contributed by atoms with E-state index in [0.717, 1.165) is 51.6 Å². The molecule has 0 aliphatic heterocycles. The van der Waals surface area contributed by atoms with Gasteiger partial charge >= 0.3 is 6.03 Å². The number of nitrogens with one attached hydrogen (secondary N) is 2. The molecule has 0 radical (unpaired) electrons. The summed E-state index contributed by atoms with van der Waals surface area (Å²) in [5, 5.41) is 8.51. The summed E-state index contributed by atoms with van der Waals surface area (Å²) >= 11 is 0. The molecule has 0 bridgehead atoms. The van der Waals surface area contributed by atoms with E-state index < -0.39 is 8.32 Å². The molecule has 0 aliphatic rings. The molecule has 0 saturated carbocycles. The van der Waals surface area contributed by atoms with E-state index in [2.05, 4.69) is 111 Å². The lowest BCUT2D eigenvalue weighted by Crippen LogP contribution is -2.66. The minimum Gasteiger partial charge on any atom is -0.407 e. The van der Waals surface area contributed by atoms with Crippen LogP contribution in [0.5, 0.6) is 0 Å². The molecule has 0 aromatic heterocycles. The van der Waals surface area contributed by atoms with Crippen molar-refractivity contribution in [3.63, 3.8) is 0 Å². The Morgan fingerprint density at radius 3 is 1.83 bits per heavy atom. The van der Waals surface area contributed by atoms with Crippen LogP contribution >= 0.6 is 0 Å². The third kappa shape index (κ3) is 9.30. The molecule has 2 N–H and O–H groups in total. The largest absolute Gasteiger partial charge is 0.407 e. The van der Waals surface area contributed by atoms with Crippen molar-refractivity contribution in [3.8, 4) is 0 Å². The van der Waals surface area contributed by atoms with E-state index in [1.807, 2.05) is 0 Å². The smallest absolute Gasteiger partial charge is 0.314 e. The van der Waals surface area contributed by atoms with Crippen LogP contribution in [0.2, 0.25) is 5.04 Å². The first kappa shape index (κ1) is 28.9. The van der Waals surface area contributed by atoms with Gasteiger partial charge in [0.25, 0.3) is 8.32 Å². The molecule has 192 valence electrons. The highest BCUT2D eigenvalue weighted by Crippen LogP contribution is 2.36. The van der Waals surface area contributed by atoms with Crippen LogP contribution in [0.1, 0.15) is 72.6 Å². The van der Waals surface area contributed by atoms with Gasteiger partial charge in [0.15, 0.2) is 0 Å². The lowest BCUT2D eigenvalue weighted by atomic mass is 10.2. The summed E-state index contributed by atoms with van der Waals surface area (Å²) in [4.78, 5) is 11.7. The van der Waals surface area contributed by atoms with Crippen LogP contribution in [0, 0.1) is 0 Å². The van der Waals surface area contributed by atoms with E-state index in [0.29, 0.717) is 6.61 Å². The molecule has 2 amide bonds. The van der Waals surface area contributed by atoms with Crippen LogP contribution in [-0.4, -0.2) is 34.0 Å². The van der Waals surface area contributed by atoms with Crippen molar-refractivity contribution in [2.45, 2.75) is 77.7 Å². The number of carbonyl (C=O) groups is 1. The van der Waals surface area contributed by atoms with Gasteiger partial charge in [0.05, 0.1) is 0 Å². The van der Waals surface area contributed by atoms with Crippen LogP contribution in [-0.2, 0) is 4.43 Å². The van der Waals surface area contributed by atoms with Crippen molar-refractivity contribution in [3.05, 3.63) is 72.8 Å². The first-order chi connectivity index (χ1) is 16.9. The normalized spacial score (nSPS) is 12.1. The average molecular weight is 495 g/mol. The summed E-state index contributed by atoms with van der Waals surface area (Å²) in [5.74, 6) is 0. The van der Waals surface area contributed by atoms with E-state index in [9.17, 15) is 4.79 Å². The second-order valence-electron chi connectivity index (χ2n) is 10.2. The van der Waals surface area contributed by atoms with Crippen LogP contribution < -0.4 is 21.0 Å². The van der Waals surface area contributed by atoms with Gasteiger partial charge in [-0.2, -0.15) is 0 Å². The Balaban J connectivity index is 1.80. The van der Waals surface area contributed by atoms with E-state index in [-0.39, 0.29) is 11.1 Å². The molecule has 0 unspecified atom stereocenters. The first-order valence-corrected chi connectivity index (χ1v) is 15.2. The van der Waals surface area contributed by atoms with Gasteiger partial charge in [-0.15, -0.1) is 0 Å². The Morgan fingerprint density at radius 2 is 1.31 bits per heavy atom. The maximum absolute atomic E-state index is 11.7. The third-order valence-electron chi connectivity index (χ3n) is 6.34. The summed E-state index contributed by atoms with van der Waals surface area (Å²) in [6.45, 7) is 11.3. The van der Waals surface area contributed by atoms with E-state index in [1.54, 1.807) is 0 Å². The number of hydrogen-bond acceptors (Lipinski definition) is 2. The highest BCUT2D eigenvalue weighted by molar-refractivity contribution is 6.99. The van der Waals surface area contributed by atoms with Gasteiger partial charge in [0.2, 0.25) is 0 Å². The molecule has 35 heavy (non-hydrogen) atoms. The topological polar surface area (TPSA) is 50.4 Å². The molecule has 4 nitrogen and oxygen atoms in total. The number of rotatable bonds is 15. The summed E-state index contributed by atoms with van der Waals surface area (Å²) in [6, 6.07) is 21.6. The molecule has 5 heteroatoms. The van der Waals surface area contributed by atoms with Crippen molar-refractivity contribution in [2.75, 3.05) is 19.7 Å². The van der Waals surface area contributed by atoms with Crippen molar-refractivity contribution >= 4 is 24.7 Å². The van der Waals surface area contributed by atoms with Gasteiger partial charge in [0.1, 0.15) is 0 Å². The highest BCUT2D eigenvalue weighted by Gasteiger charge is 2.49. The fourth-order valence-electron chi connectivity index (χ4n) is 4.51. The maximum atomic E-state index is 11.7. The first-order valence-electron chi connectivity index (χ1n) is 13.3. The molecule has 0 atom stereocenters. The maximum Gasteiger partial charge on any atom is 0.314 e. The zero-order chi connectivity index (χ0) is 25.4. The number of hydrogen-bond donors (Lipinski definition) is 2. The number of urea groups is 1. The fraction of sp³-hybridized carbons (Fsp3) is 0.500. The van der Waals surface area contributed by atoms with Crippen molar-refractivity contribution in [1.82, 2.24) is 10.6 Å². The van der Waals surface area contributed by atoms with E-state index >= 15 is 0 Å². The number of allylic oxidation sites excluding steroid dienone is 1. The second kappa shape index (κ2) is 15.6. The monoisotopic (exact) mass is 494 g/mol. The second-order valence-corrected chi connectivity index (χ2v) is 14.5. The number of unbranched alkanes of at least 4 members (excludes halogenated alkanes) is 4. The molecule has 0 heterocycles. The molecule has 2 rings (SSSR count). The predicted octanol–water partition coefficient (Wildman–Crippen LogP) is 6.17. The van der Waals surface area contributed by atoms with Crippen LogP contribution in [0.3, 0.4) is 0 Å². The van der Waals surface area contributed by atoms with Gasteiger partial charge in [-0.05, 0) is 47.5 Å². The SMILES string of the molecule is CCCCCNC(=O)NCCCC/C=C\CCO[Si](c1ccccc1)(c1ccccc1)C(C)(C)C. The average Bonchev–Trinajstić information content (AvgIpc) is 2.85. The van der Waals surface area contributed by atoms with Crippen LogP contribution in [0.15, 0.2) is 72.8 Å². The molecule has 0 aliphatic carbocycles. The molecular formula is C30H46N2O2Si. The summed E-state index contributed by atoms with van der Waals surface area (Å²) in [6.07, 6.45) is 11.9. The van der Waals surface area contributed by atoms with Gasteiger partial charge < -0.3 is 15.1 Å². The van der Waals surface area contributed by atoms with Crippen molar-refractivity contribution in [2.24, 2.45) is 0 Å². The molecule has 2 aromatic carbocycles. The summed E-state index contributed by atoms with van der Waals surface area (Å²) < 4.78 is 6.92. The molecule has 0 fully saturated rings. The molecule has 2 aromatic rings. The highest BCUT2D eigenvalue weighted by atomic mass is 28.4. The van der Waals surface area contributed by atoms with Crippen LogP contribution in [0.4, 0.5) is 4.79 Å². The Labute approximate surface area is 214 Å². The number of benzene rings is 2. The zero-order valence-corrected chi connectivity index (χ0v) is 23.3. The third-order valence-corrected chi connectivity index (χ3v) is 11.4. The lowest BCUT2D eigenvalue weighted by Gasteiger charge is -2.43. The van der Waals surface area contributed by atoms with Gasteiger partial charge in [-0.3, -0.25) is 0 Å². The predicted molar refractivity (Wildman–Crippen MR) is 152 cm³/mol. The molecular weight excluding hydrogens is 448 g/mol. The zero-order valence-electron chi connectivity index (χ0n) is 22.3. The lowest BCUT2D eigenvalue weighted by molar-refractivity contribution is 0.240. The van der Waals surface area contributed by atoms with Crippen molar-refractivity contribution < 1.29 is 9.22 Å². The number of amides is 2. The Hall–Kier alpha value is -2.37. The quantitative estimate of drug-likeness (QED) is 0.177. The summed E-state index contributed by atoms with van der Waals surface area (Å²) in [5.41, 5.74) is 0. The van der Waals surface area contributed by atoms with E-state index in [4.69, 9.17) is 4.43 Å². The Bertz CT molecular complexity index is 823. The van der Waals surface area contributed by atoms with Gasteiger partial charge in [-0.1, -0.05) is 113 Å². The minimum atomic E-state index is -2.44. The molecule has 0 saturated heterocycles. The Kier molecular flexibility index (Phi) is 12.9. The van der Waals surface area contributed by atoms with Crippen LogP contribution in [0.25, 0.3) is 0 Å². The Morgan fingerprint density at radius 1 is 0.800 bits per heavy atom. The van der Waals surface area contributed by atoms with E-state index in [1.165, 1.54) is 16.8 Å². The minimum absolute atomic E-state index is 0.00864. The fourth-order valence-corrected chi connectivity index (χ4v) is 9.09.